The van der Waals surface area contributed by atoms with Crippen molar-refractivity contribution in [3.8, 4) is 11.5 Å². The monoisotopic (exact) mass is 353 g/mol. The number of fused-ring (bicyclic) bond motifs is 1. The number of carbonyl (C=O) groups excluding carboxylic acids is 1. The lowest BCUT2D eigenvalue weighted by atomic mass is 10.1. The van der Waals surface area contributed by atoms with Crippen LogP contribution in [0.1, 0.15) is 18.2 Å². The Labute approximate surface area is 150 Å². The van der Waals surface area contributed by atoms with Gasteiger partial charge in [0.05, 0.1) is 12.8 Å². The first-order valence-electron chi connectivity index (χ1n) is 7.66. The van der Waals surface area contributed by atoms with Gasteiger partial charge in [-0.25, -0.2) is 4.98 Å². The maximum absolute atomic E-state index is 11.3. The number of rotatable bonds is 4. The van der Waals surface area contributed by atoms with E-state index in [0.717, 1.165) is 22.4 Å². The second-order valence-electron chi connectivity index (χ2n) is 5.38. The molecule has 0 aliphatic carbocycles. The number of methoxy groups -OCH3 is 1. The Kier molecular flexibility index (Phi) is 5.00. The smallest absolute Gasteiger partial charge is 0.308 e. The van der Waals surface area contributed by atoms with Crippen molar-refractivity contribution in [1.82, 2.24) is 4.98 Å². The molecule has 5 heteroatoms. The number of halogens is 1. The predicted octanol–water partition coefficient (Wildman–Crippen LogP) is 4.99. The number of carbonyl (C=O) groups is 1. The van der Waals surface area contributed by atoms with E-state index >= 15 is 0 Å². The maximum Gasteiger partial charge on any atom is 0.308 e. The van der Waals surface area contributed by atoms with Gasteiger partial charge in [-0.05, 0) is 42.5 Å². The summed E-state index contributed by atoms with van der Waals surface area (Å²) >= 11 is 6.05. The highest BCUT2D eigenvalue weighted by molar-refractivity contribution is 6.30. The number of esters is 1. The molecular weight excluding hydrogens is 338 g/mol. The minimum absolute atomic E-state index is 0.376. The lowest BCUT2D eigenvalue weighted by Gasteiger charge is -2.07. The standard InChI is InChI=1S/C20H16ClNO3/c1-13(23)25-19-5-3-4-14-6-9-17(22-20(14)19)10-7-15-12-16(21)8-11-18(15)24-2/h3-12H,1-2H3. The first-order chi connectivity index (χ1) is 12.1. The molecule has 3 aromatic rings. The third-order valence-electron chi connectivity index (χ3n) is 3.58. The Hall–Kier alpha value is -2.85. The van der Waals surface area contributed by atoms with Crippen LogP contribution in [0.15, 0.2) is 48.5 Å². The Bertz CT molecular complexity index is 966. The lowest BCUT2D eigenvalue weighted by molar-refractivity contribution is -0.131. The van der Waals surface area contributed by atoms with Crippen LogP contribution in [-0.2, 0) is 4.79 Å². The van der Waals surface area contributed by atoms with Gasteiger partial charge in [-0.2, -0.15) is 0 Å². The summed E-state index contributed by atoms with van der Waals surface area (Å²) in [5.74, 6) is 0.793. The van der Waals surface area contributed by atoms with Crippen LogP contribution in [0.5, 0.6) is 11.5 Å². The Morgan fingerprint density at radius 1 is 1.08 bits per heavy atom. The molecule has 0 spiro atoms. The fourth-order valence-electron chi connectivity index (χ4n) is 2.48. The quantitative estimate of drug-likeness (QED) is 0.489. The zero-order chi connectivity index (χ0) is 17.8. The molecule has 0 N–H and O–H groups in total. The summed E-state index contributed by atoms with van der Waals surface area (Å²) in [5, 5.41) is 1.53. The third-order valence-corrected chi connectivity index (χ3v) is 3.82. The van der Waals surface area contributed by atoms with Crippen molar-refractivity contribution in [3.05, 3.63) is 64.8 Å². The van der Waals surface area contributed by atoms with E-state index in [1.165, 1.54) is 6.92 Å². The number of hydrogen-bond acceptors (Lipinski definition) is 4. The second-order valence-corrected chi connectivity index (χ2v) is 5.81. The van der Waals surface area contributed by atoms with Crippen molar-refractivity contribution >= 4 is 40.6 Å². The van der Waals surface area contributed by atoms with E-state index in [9.17, 15) is 4.79 Å². The van der Waals surface area contributed by atoms with Crippen molar-refractivity contribution in [1.29, 1.82) is 0 Å². The summed E-state index contributed by atoms with van der Waals surface area (Å²) in [7, 11) is 1.61. The van der Waals surface area contributed by atoms with Gasteiger partial charge in [0.2, 0.25) is 0 Å². The van der Waals surface area contributed by atoms with Gasteiger partial charge in [0, 0.05) is 22.9 Å². The second kappa shape index (κ2) is 7.36. The SMILES string of the molecule is COc1ccc(Cl)cc1C=Cc1ccc2cccc(OC(C)=O)c2n1. The highest BCUT2D eigenvalue weighted by atomic mass is 35.5. The van der Waals surface area contributed by atoms with E-state index in [1.54, 1.807) is 19.2 Å². The van der Waals surface area contributed by atoms with Crippen LogP contribution in [0.25, 0.3) is 23.1 Å². The summed E-state index contributed by atoms with van der Waals surface area (Å²) in [4.78, 5) is 15.8. The minimum atomic E-state index is -0.376. The van der Waals surface area contributed by atoms with Gasteiger partial charge in [-0.15, -0.1) is 0 Å². The molecule has 2 aromatic carbocycles. The molecule has 0 radical (unpaired) electrons. The molecule has 0 bridgehead atoms. The van der Waals surface area contributed by atoms with Crippen LogP contribution in [-0.4, -0.2) is 18.1 Å². The van der Waals surface area contributed by atoms with E-state index in [0.29, 0.717) is 16.3 Å². The molecule has 0 aliphatic rings. The molecule has 1 aromatic heterocycles. The summed E-state index contributed by atoms with van der Waals surface area (Å²) in [5.41, 5.74) is 2.22. The van der Waals surface area contributed by atoms with E-state index in [4.69, 9.17) is 21.1 Å². The molecule has 126 valence electrons. The fraction of sp³-hybridized carbons (Fsp3) is 0.100. The molecule has 0 unspecified atom stereocenters. The van der Waals surface area contributed by atoms with E-state index < -0.39 is 0 Å². The topological polar surface area (TPSA) is 48.4 Å². The number of ether oxygens (including phenoxy) is 2. The predicted molar refractivity (Wildman–Crippen MR) is 100.0 cm³/mol. The molecular formula is C20H16ClNO3. The number of hydrogen-bond donors (Lipinski definition) is 0. The average Bonchev–Trinajstić information content (AvgIpc) is 2.60. The first-order valence-corrected chi connectivity index (χ1v) is 8.04. The molecule has 25 heavy (non-hydrogen) atoms. The van der Waals surface area contributed by atoms with Crippen LogP contribution in [0.3, 0.4) is 0 Å². The Morgan fingerprint density at radius 2 is 1.92 bits per heavy atom. The van der Waals surface area contributed by atoms with Crippen molar-refractivity contribution in [3.63, 3.8) is 0 Å². The number of pyridine rings is 1. The Morgan fingerprint density at radius 3 is 2.68 bits per heavy atom. The molecule has 0 saturated carbocycles. The van der Waals surface area contributed by atoms with Gasteiger partial charge in [0.1, 0.15) is 11.3 Å². The summed E-state index contributed by atoms with van der Waals surface area (Å²) < 4.78 is 10.6. The average molecular weight is 354 g/mol. The lowest BCUT2D eigenvalue weighted by Crippen LogP contribution is -2.02. The van der Waals surface area contributed by atoms with Crippen LogP contribution < -0.4 is 9.47 Å². The van der Waals surface area contributed by atoms with Crippen LogP contribution in [0.4, 0.5) is 0 Å². The van der Waals surface area contributed by atoms with Crippen molar-refractivity contribution < 1.29 is 14.3 Å². The van der Waals surface area contributed by atoms with Crippen molar-refractivity contribution in [2.24, 2.45) is 0 Å². The zero-order valence-electron chi connectivity index (χ0n) is 13.8. The van der Waals surface area contributed by atoms with Gasteiger partial charge in [-0.1, -0.05) is 29.8 Å². The van der Waals surface area contributed by atoms with Crippen LogP contribution >= 0.6 is 11.6 Å². The van der Waals surface area contributed by atoms with Crippen LogP contribution in [0.2, 0.25) is 5.02 Å². The summed E-state index contributed by atoms with van der Waals surface area (Å²) in [6, 6.07) is 14.7. The number of para-hydroxylation sites is 1. The van der Waals surface area contributed by atoms with Gasteiger partial charge in [-0.3, -0.25) is 4.79 Å². The fourth-order valence-corrected chi connectivity index (χ4v) is 2.66. The van der Waals surface area contributed by atoms with Gasteiger partial charge in [0.15, 0.2) is 5.75 Å². The minimum Gasteiger partial charge on any atom is -0.496 e. The summed E-state index contributed by atoms with van der Waals surface area (Å²) in [6.45, 7) is 1.37. The summed E-state index contributed by atoms with van der Waals surface area (Å²) in [6.07, 6.45) is 3.74. The number of nitrogens with zero attached hydrogens (tertiary/aromatic N) is 1. The Balaban J connectivity index is 1.99. The normalized spacial score (nSPS) is 11.0. The van der Waals surface area contributed by atoms with E-state index in [-0.39, 0.29) is 5.97 Å². The van der Waals surface area contributed by atoms with Crippen molar-refractivity contribution in [2.45, 2.75) is 6.92 Å². The molecule has 0 saturated heterocycles. The molecule has 4 nitrogen and oxygen atoms in total. The maximum atomic E-state index is 11.3. The largest absolute Gasteiger partial charge is 0.496 e. The van der Waals surface area contributed by atoms with Crippen LogP contribution in [0, 0.1) is 0 Å². The first kappa shape index (κ1) is 17.0. The van der Waals surface area contributed by atoms with E-state index in [1.807, 2.05) is 48.6 Å². The van der Waals surface area contributed by atoms with Gasteiger partial charge >= 0.3 is 5.97 Å². The molecule has 0 amide bonds. The molecule has 0 fully saturated rings. The van der Waals surface area contributed by atoms with Gasteiger partial charge < -0.3 is 9.47 Å². The number of aromatic nitrogens is 1. The zero-order valence-corrected chi connectivity index (χ0v) is 14.6. The molecule has 0 atom stereocenters. The number of benzene rings is 2. The third kappa shape index (κ3) is 3.98. The highest BCUT2D eigenvalue weighted by Crippen LogP contribution is 2.26. The molecule has 0 aliphatic heterocycles. The van der Waals surface area contributed by atoms with E-state index in [2.05, 4.69) is 4.98 Å². The molecule has 1 heterocycles. The highest BCUT2D eigenvalue weighted by Gasteiger charge is 2.07. The van der Waals surface area contributed by atoms with Gasteiger partial charge in [0.25, 0.3) is 0 Å². The van der Waals surface area contributed by atoms with Crippen molar-refractivity contribution in [2.75, 3.05) is 7.11 Å². The molecule has 3 rings (SSSR count).